The first kappa shape index (κ1) is 24.0. The van der Waals surface area contributed by atoms with E-state index in [1.165, 1.54) is 54.1 Å². The molecule has 1 aromatic heterocycles. The lowest BCUT2D eigenvalue weighted by Gasteiger charge is -2.30. The molecular formula is C31H38N6. The second-order valence-corrected chi connectivity index (χ2v) is 11.4. The van der Waals surface area contributed by atoms with E-state index in [1.807, 2.05) is 20.2 Å². The Morgan fingerprint density at radius 2 is 1.51 bits per heavy atom. The first-order chi connectivity index (χ1) is 17.9. The molecule has 0 amide bonds. The molecule has 2 saturated carbocycles. The van der Waals surface area contributed by atoms with Crippen LogP contribution in [0.3, 0.4) is 0 Å². The average molecular weight is 495 g/mol. The zero-order valence-corrected chi connectivity index (χ0v) is 22.5. The van der Waals surface area contributed by atoms with Crippen LogP contribution in [0, 0.1) is 5.41 Å². The van der Waals surface area contributed by atoms with E-state index in [4.69, 9.17) is 9.97 Å². The SMILES string of the molecule is CN(C)c1nc(NC2CC23CCC(NCc2ccc(N(C)C)c4ccccc24)CC3)nc2ccccc12. The van der Waals surface area contributed by atoms with E-state index in [0.717, 1.165) is 29.2 Å². The summed E-state index contributed by atoms with van der Waals surface area (Å²) >= 11 is 0. The van der Waals surface area contributed by atoms with Gasteiger partial charge in [0.25, 0.3) is 0 Å². The van der Waals surface area contributed by atoms with Crippen LogP contribution in [0.5, 0.6) is 0 Å². The van der Waals surface area contributed by atoms with Crippen molar-refractivity contribution in [3.63, 3.8) is 0 Å². The molecule has 2 aliphatic carbocycles. The van der Waals surface area contributed by atoms with Gasteiger partial charge in [-0.3, -0.25) is 0 Å². The summed E-state index contributed by atoms with van der Waals surface area (Å²) in [6.45, 7) is 0.922. The van der Waals surface area contributed by atoms with E-state index >= 15 is 0 Å². The van der Waals surface area contributed by atoms with E-state index in [1.54, 1.807) is 0 Å². The highest BCUT2D eigenvalue weighted by molar-refractivity contribution is 5.96. The number of hydrogen-bond donors (Lipinski definition) is 2. The first-order valence-corrected chi connectivity index (χ1v) is 13.6. The number of rotatable bonds is 7. The highest BCUT2D eigenvalue weighted by Crippen LogP contribution is 2.57. The summed E-state index contributed by atoms with van der Waals surface area (Å²) in [5.74, 6) is 1.74. The maximum absolute atomic E-state index is 4.87. The number of benzene rings is 3. The number of hydrogen-bond acceptors (Lipinski definition) is 6. The summed E-state index contributed by atoms with van der Waals surface area (Å²) in [5.41, 5.74) is 4.07. The fourth-order valence-corrected chi connectivity index (χ4v) is 6.27. The molecular weight excluding hydrogens is 456 g/mol. The second kappa shape index (κ2) is 9.49. The van der Waals surface area contributed by atoms with E-state index in [0.29, 0.717) is 17.5 Å². The Morgan fingerprint density at radius 1 is 0.811 bits per heavy atom. The van der Waals surface area contributed by atoms with Crippen molar-refractivity contribution in [3.05, 3.63) is 66.2 Å². The van der Waals surface area contributed by atoms with E-state index in [9.17, 15) is 0 Å². The second-order valence-electron chi connectivity index (χ2n) is 11.4. The molecule has 4 aromatic rings. The molecule has 37 heavy (non-hydrogen) atoms. The number of anilines is 3. The van der Waals surface area contributed by atoms with Crippen molar-refractivity contribution >= 4 is 39.1 Å². The molecule has 1 heterocycles. The van der Waals surface area contributed by atoms with Crippen molar-refractivity contribution in [2.24, 2.45) is 5.41 Å². The highest BCUT2D eigenvalue weighted by Gasteiger charge is 2.55. The zero-order chi connectivity index (χ0) is 25.6. The normalized spacial score (nSPS) is 22.9. The van der Waals surface area contributed by atoms with Crippen molar-refractivity contribution in [2.75, 3.05) is 43.3 Å². The molecule has 0 radical (unpaired) electrons. The van der Waals surface area contributed by atoms with Crippen molar-refractivity contribution in [3.8, 4) is 0 Å². The third kappa shape index (κ3) is 4.59. The van der Waals surface area contributed by atoms with Gasteiger partial charge in [-0.1, -0.05) is 42.5 Å². The molecule has 2 aliphatic rings. The number of aromatic nitrogens is 2. The van der Waals surface area contributed by atoms with Gasteiger partial charge in [0, 0.05) is 63.3 Å². The van der Waals surface area contributed by atoms with Crippen LogP contribution < -0.4 is 20.4 Å². The van der Waals surface area contributed by atoms with Gasteiger partial charge < -0.3 is 20.4 Å². The zero-order valence-electron chi connectivity index (χ0n) is 22.5. The highest BCUT2D eigenvalue weighted by atomic mass is 15.2. The summed E-state index contributed by atoms with van der Waals surface area (Å²) in [7, 11) is 8.32. The fourth-order valence-electron chi connectivity index (χ4n) is 6.27. The van der Waals surface area contributed by atoms with Crippen LogP contribution in [0.4, 0.5) is 17.5 Å². The fraction of sp³-hybridized carbons (Fsp3) is 0.419. The van der Waals surface area contributed by atoms with E-state index in [-0.39, 0.29) is 0 Å². The molecule has 1 unspecified atom stereocenters. The minimum atomic E-state index is 0.408. The van der Waals surface area contributed by atoms with Crippen molar-refractivity contribution < 1.29 is 0 Å². The molecule has 0 aliphatic heterocycles. The molecule has 3 aromatic carbocycles. The van der Waals surface area contributed by atoms with Crippen molar-refractivity contribution in [1.29, 1.82) is 0 Å². The lowest BCUT2D eigenvalue weighted by molar-refractivity contribution is 0.269. The molecule has 2 fully saturated rings. The lowest BCUT2D eigenvalue weighted by Crippen LogP contribution is -2.34. The van der Waals surface area contributed by atoms with Crippen LogP contribution in [0.2, 0.25) is 0 Å². The number of nitrogens with one attached hydrogen (secondary N) is 2. The number of nitrogens with zero attached hydrogens (tertiary/aromatic N) is 4. The lowest BCUT2D eigenvalue weighted by atomic mass is 9.82. The molecule has 6 nitrogen and oxygen atoms in total. The minimum Gasteiger partial charge on any atom is -0.377 e. The van der Waals surface area contributed by atoms with Gasteiger partial charge in [-0.25, -0.2) is 4.98 Å². The molecule has 0 saturated heterocycles. The van der Waals surface area contributed by atoms with Gasteiger partial charge in [-0.15, -0.1) is 0 Å². The third-order valence-corrected chi connectivity index (χ3v) is 8.54. The van der Waals surface area contributed by atoms with E-state index in [2.05, 4.69) is 89.1 Å². The predicted octanol–water partition coefficient (Wildman–Crippen LogP) is 5.82. The minimum absolute atomic E-state index is 0.408. The monoisotopic (exact) mass is 494 g/mol. The molecule has 0 bridgehead atoms. The molecule has 6 rings (SSSR count). The topological polar surface area (TPSA) is 56.3 Å². The molecule has 1 atom stereocenters. The predicted molar refractivity (Wildman–Crippen MR) is 156 cm³/mol. The Bertz CT molecular complexity index is 1420. The Kier molecular flexibility index (Phi) is 6.15. The van der Waals surface area contributed by atoms with Crippen LogP contribution in [-0.2, 0) is 6.54 Å². The molecule has 1 spiro atoms. The Balaban J connectivity index is 1.08. The Hall–Kier alpha value is -3.38. The van der Waals surface area contributed by atoms with Gasteiger partial charge in [0.1, 0.15) is 5.82 Å². The van der Waals surface area contributed by atoms with Crippen LogP contribution in [0.25, 0.3) is 21.7 Å². The van der Waals surface area contributed by atoms with Crippen molar-refractivity contribution in [2.45, 2.75) is 50.7 Å². The smallest absolute Gasteiger partial charge is 0.225 e. The number of fused-ring (bicyclic) bond motifs is 2. The average Bonchev–Trinajstić information content (AvgIpc) is 3.57. The summed E-state index contributed by atoms with van der Waals surface area (Å²) in [5, 5.41) is 11.4. The van der Waals surface area contributed by atoms with Crippen LogP contribution >= 0.6 is 0 Å². The maximum atomic E-state index is 4.87. The third-order valence-electron chi connectivity index (χ3n) is 8.54. The van der Waals surface area contributed by atoms with Crippen LogP contribution in [0.15, 0.2) is 60.7 Å². The van der Waals surface area contributed by atoms with Crippen molar-refractivity contribution in [1.82, 2.24) is 15.3 Å². The Labute approximate surface area is 220 Å². The van der Waals surface area contributed by atoms with Gasteiger partial charge in [0.15, 0.2) is 0 Å². The molecule has 192 valence electrons. The standard InChI is InChI=1S/C31H38N6/c1-36(2)27-14-13-21(23-9-5-6-10-24(23)27)20-32-22-15-17-31(18-16-22)19-28(31)34-30-33-26-12-8-7-11-25(26)29(35-30)37(3)4/h5-14,22,28,32H,15-20H2,1-4H3,(H,33,34,35). The van der Waals surface area contributed by atoms with E-state index < -0.39 is 0 Å². The summed E-state index contributed by atoms with van der Waals surface area (Å²) in [6.07, 6.45) is 6.21. The summed E-state index contributed by atoms with van der Waals surface area (Å²) in [4.78, 5) is 14.0. The summed E-state index contributed by atoms with van der Waals surface area (Å²) in [6, 6.07) is 22.7. The largest absolute Gasteiger partial charge is 0.377 e. The van der Waals surface area contributed by atoms with Gasteiger partial charge >= 0.3 is 0 Å². The van der Waals surface area contributed by atoms with Gasteiger partial charge in [0.05, 0.1) is 5.52 Å². The van der Waals surface area contributed by atoms with Gasteiger partial charge in [-0.05, 0) is 66.7 Å². The van der Waals surface area contributed by atoms with Crippen LogP contribution in [-0.4, -0.2) is 50.2 Å². The first-order valence-electron chi connectivity index (χ1n) is 13.6. The molecule has 6 heteroatoms. The summed E-state index contributed by atoms with van der Waals surface area (Å²) < 4.78 is 0. The van der Waals surface area contributed by atoms with Gasteiger partial charge in [-0.2, -0.15) is 4.98 Å². The van der Waals surface area contributed by atoms with Gasteiger partial charge in [0.2, 0.25) is 5.95 Å². The molecule has 2 N–H and O–H groups in total. The number of para-hydroxylation sites is 1. The Morgan fingerprint density at radius 3 is 2.24 bits per heavy atom. The van der Waals surface area contributed by atoms with Crippen LogP contribution in [0.1, 0.15) is 37.7 Å². The quantitative estimate of drug-likeness (QED) is 0.338. The maximum Gasteiger partial charge on any atom is 0.225 e.